The maximum Gasteiger partial charge on any atom is 1.00 e. The molecular formula is C7H11NaO5. The fourth-order valence-corrected chi connectivity index (χ4v) is 0.806. The third-order valence-electron chi connectivity index (χ3n) is 1.52. The third-order valence-corrected chi connectivity index (χ3v) is 1.52. The summed E-state index contributed by atoms with van der Waals surface area (Å²) in [5, 5.41) is 27.8. The van der Waals surface area contributed by atoms with E-state index in [-0.39, 0.29) is 29.6 Å². The molecule has 0 aromatic heterocycles. The van der Waals surface area contributed by atoms with Crippen LogP contribution in [-0.2, 0) is 9.59 Å². The van der Waals surface area contributed by atoms with E-state index in [2.05, 4.69) is 0 Å². The molecule has 0 rings (SSSR count). The zero-order chi connectivity index (χ0) is 9.94. The molecular weight excluding hydrogens is 187 g/mol. The van der Waals surface area contributed by atoms with Crippen molar-refractivity contribution in [1.82, 2.24) is 0 Å². The number of carboxylic acids is 2. The van der Waals surface area contributed by atoms with Gasteiger partial charge in [-0.15, -0.1) is 0 Å². The Bertz CT molecular complexity index is 196. The average molecular weight is 198 g/mol. The summed E-state index contributed by atoms with van der Waals surface area (Å²) in [5.74, 6) is -4.15. The number of carboxylic acid groups (broad SMARTS) is 2. The second kappa shape index (κ2) is 5.59. The molecule has 0 aliphatic rings. The maximum atomic E-state index is 10.4. The fourth-order valence-electron chi connectivity index (χ4n) is 0.806. The number of rotatable bonds is 4. The van der Waals surface area contributed by atoms with Gasteiger partial charge in [-0.3, -0.25) is 4.79 Å². The molecule has 0 aliphatic carbocycles. The first-order valence-corrected chi connectivity index (χ1v) is 3.40. The van der Waals surface area contributed by atoms with E-state index < -0.39 is 29.9 Å². The van der Waals surface area contributed by atoms with Crippen molar-refractivity contribution in [1.29, 1.82) is 0 Å². The van der Waals surface area contributed by atoms with Crippen LogP contribution in [0.25, 0.3) is 0 Å². The van der Waals surface area contributed by atoms with Crippen LogP contribution in [0.4, 0.5) is 0 Å². The molecule has 0 saturated carbocycles. The predicted molar refractivity (Wildman–Crippen MR) is 37.0 cm³/mol. The van der Waals surface area contributed by atoms with E-state index in [4.69, 9.17) is 5.11 Å². The van der Waals surface area contributed by atoms with Crippen molar-refractivity contribution < 1.29 is 54.5 Å². The van der Waals surface area contributed by atoms with Crippen LogP contribution in [0.3, 0.4) is 0 Å². The molecule has 5 nitrogen and oxygen atoms in total. The first-order chi connectivity index (χ1) is 5.25. The van der Waals surface area contributed by atoms with Gasteiger partial charge in [0.25, 0.3) is 0 Å². The van der Waals surface area contributed by atoms with Gasteiger partial charge >= 0.3 is 35.5 Å². The van der Waals surface area contributed by atoms with Gasteiger partial charge in [0.05, 0.1) is 11.5 Å². The first-order valence-electron chi connectivity index (χ1n) is 3.40. The Hall–Kier alpha value is -0.100. The van der Waals surface area contributed by atoms with E-state index in [0.29, 0.717) is 0 Å². The monoisotopic (exact) mass is 198 g/mol. The third kappa shape index (κ3) is 6.04. The van der Waals surface area contributed by atoms with Gasteiger partial charge in [-0.05, 0) is 13.8 Å². The van der Waals surface area contributed by atoms with E-state index in [1.807, 2.05) is 0 Å². The van der Waals surface area contributed by atoms with Crippen LogP contribution < -0.4 is 34.7 Å². The van der Waals surface area contributed by atoms with Gasteiger partial charge in [0.15, 0.2) is 0 Å². The van der Waals surface area contributed by atoms with E-state index in [1.165, 1.54) is 13.8 Å². The van der Waals surface area contributed by atoms with Crippen LogP contribution in [0.2, 0.25) is 0 Å². The number of aliphatic carboxylic acids is 2. The van der Waals surface area contributed by atoms with Crippen LogP contribution in [0.1, 0.15) is 20.3 Å². The first kappa shape index (κ1) is 15.4. The maximum absolute atomic E-state index is 10.4. The molecule has 0 heterocycles. The quantitative estimate of drug-likeness (QED) is 0.444. The summed E-state index contributed by atoms with van der Waals surface area (Å²) >= 11 is 0. The number of hydrogen-bond acceptors (Lipinski definition) is 4. The SMILES string of the molecule is CC(C)(O)C(CC(=O)[O-])C(=O)O.[Na+]. The molecule has 6 heteroatoms. The summed E-state index contributed by atoms with van der Waals surface area (Å²) in [7, 11) is 0. The minimum Gasteiger partial charge on any atom is -0.550 e. The Kier molecular flexibility index (Phi) is 6.61. The molecule has 0 aliphatic heterocycles. The number of hydrogen-bond donors (Lipinski definition) is 2. The molecule has 0 aromatic rings. The minimum absolute atomic E-state index is 0. The van der Waals surface area contributed by atoms with Gasteiger partial charge in [0.2, 0.25) is 0 Å². The van der Waals surface area contributed by atoms with Crippen LogP contribution >= 0.6 is 0 Å². The molecule has 0 radical (unpaired) electrons. The zero-order valence-electron chi connectivity index (χ0n) is 7.90. The van der Waals surface area contributed by atoms with Crippen LogP contribution in [0.5, 0.6) is 0 Å². The van der Waals surface area contributed by atoms with Gasteiger partial charge in [-0.25, -0.2) is 0 Å². The second-order valence-electron chi connectivity index (χ2n) is 3.12. The van der Waals surface area contributed by atoms with Crippen molar-refractivity contribution >= 4 is 11.9 Å². The molecule has 70 valence electrons. The van der Waals surface area contributed by atoms with Crippen LogP contribution in [0.15, 0.2) is 0 Å². The molecule has 1 unspecified atom stereocenters. The Morgan fingerprint density at radius 1 is 1.46 bits per heavy atom. The molecule has 0 aromatic carbocycles. The van der Waals surface area contributed by atoms with E-state index in [0.717, 1.165) is 0 Å². The van der Waals surface area contributed by atoms with Crippen molar-refractivity contribution in [3.8, 4) is 0 Å². The average Bonchev–Trinajstić information content (AvgIpc) is 1.79. The number of carbonyl (C=O) groups excluding carboxylic acids is 1. The van der Waals surface area contributed by atoms with Crippen molar-refractivity contribution in [2.75, 3.05) is 0 Å². The Labute approximate surface area is 98.0 Å². The van der Waals surface area contributed by atoms with Crippen LogP contribution in [-0.4, -0.2) is 27.8 Å². The van der Waals surface area contributed by atoms with E-state index in [9.17, 15) is 19.8 Å². The summed E-state index contributed by atoms with van der Waals surface area (Å²) in [6.45, 7) is 2.49. The van der Waals surface area contributed by atoms with E-state index in [1.54, 1.807) is 0 Å². The Balaban J connectivity index is 0. The molecule has 0 bridgehead atoms. The summed E-state index contributed by atoms with van der Waals surface area (Å²) in [5.41, 5.74) is -1.55. The molecule has 1 atom stereocenters. The summed E-state index contributed by atoms with van der Waals surface area (Å²) in [4.78, 5) is 20.5. The van der Waals surface area contributed by atoms with Crippen molar-refractivity contribution in [2.45, 2.75) is 25.9 Å². The Morgan fingerprint density at radius 3 is 1.92 bits per heavy atom. The number of carbonyl (C=O) groups is 2. The van der Waals surface area contributed by atoms with E-state index >= 15 is 0 Å². The smallest absolute Gasteiger partial charge is 0.550 e. The van der Waals surface area contributed by atoms with Gasteiger partial charge < -0.3 is 20.1 Å². The standard InChI is InChI=1S/C7H12O5.Na/c1-7(2,12)4(6(10)11)3-5(8)9;/h4,12H,3H2,1-2H3,(H,8,9)(H,10,11);/q;+1/p-1. The molecule has 0 fully saturated rings. The largest absolute Gasteiger partial charge is 1.00 e. The number of aliphatic hydroxyl groups is 1. The normalized spacial score (nSPS) is 12.8. The van der Waals surface area contributed by atoms with Gasteiger partial charge in [-0.2, -0.15) is 0 Å². The van der Waals surface area contributed by atoms with Crippen LogP contribution in [0, 0.1) is 5.92 Å². The van der Waals surface area contributed by atoms with Gasteiger partial charge in [-0.1, -0.05) is 0 Å². The molecule has 13 heavy (non-hydrogen) atoms. The van der Waals surface area contributed by atoms with Gasteiger partial charge in [0.1, 0.15) is 0 Å². The van der Waals surface area contributed by atoms with Crippen molar-refractivity contribution in [3.05, 3.63) is 0 Å². The zero-order valence-corrected chi connectivity index (χ0v) is 9.90. The summed E-state index contributed by atoms with van der Waals surface area (Å²) < 4.78 is 0. The predicted octanol–water partition coefficient (Wildman–Crippen LogP) is -4.40. The van der Waals surface area contributed by atoms with Crippen molar-refractivity contribution in [2.24, 2.45) is 5.92 Å². The fraction of sp³-hybridized carbons (Fsp3) is 0.714. The van der Waals surface area contributed by atoms with Crippen molar-refractivity contribution in [3.63, 3.8) is 0 Å². The minimum atomic E-state index is -1.55. The van der Waals surface area contributed by atoms with Gasteiger partial charge in [0, 0.05) is 12.4 Å². The summed E-state index contributed by atoms with van der Waals surface area (Å²) in [6, 6.07) is 0. The molecule has 0 spiro atoms. The molecule has 0 amide bonds. The molecule has 2 N–H and O–H groups in total. The summed E-state index contributed by atoms with van der Waals surface area (Å²) in [6.07, 6.45) is -0.682. The second-order valence-corrected chi connectivity index (χ2v) is 3.12. The Morgan fingerprint density at radius 2 is 1.85 bits per heavy atom. The topological polar surface area (TPSA) is 97.7 Å². The molecule has 0 saturated heterocycles.